The minimum absolute atomic E-state index is 0.0131. The van der Waals surface area contributed by atoms with Crippen molar-refractivity contribution in [1.29, 1.82) is 0 Å². The van der Waals surface area contributed by atoms with Gasteiger partial charge in [-0.2, -0.15) is 0 Å². The number of thiocarbonyl (C=S) groups is 1. The maximum absolute atomic E-state index is 13.8. The fraction of sp³-hybridized carbons (Fsp3) is 0.0667. The number of hydrogen-bond donors (Lipinski definition) is 1. The molecule has 0 bridgehead atoms. The molecule has 0 fully saturated rings. The Morgan fingerprint density at radius 3 is 2.38 bits per heavy atom. The molecule has 1 amide bonds. The first-order valence-corrected chi connectivity index (χ1v) is 7.23. The molecule has 0 aliphatic rings. The molecule has 0 saturated heterocycles. The second-order valence-electron chi connectivity index (χ2n) is 4.40. The van der Waals surface area contributed by atoms with E-state index < -0.39 is 11.7 Å². The van der Waals surface area contributed by atoms with Gasteiger partial charge in [0.2, 0.25) is 0 Å². The summed E-state index contributed by atoms with van der Waals surface area (Å²) in [5, 5.41) is 0. The van der Waals surface area contributed by atoms with Crippen LogP contribution in [-0.2, 0) is 0 Å². The van der Waals surface area contributed by atoms with Crippen LogP contribution in [0, 0.1) is 5.82 Å². The Balaban J connectivity index is 2.28. The van der Waals surface area contributed by atoms with Gasteiger partial charge in [0.25, 0.3) is 5.91 Å². The smallest absolute Gasteiger partial charge is 0.260 e. The van der Waals surface area contributed by atoms with Crippen LogP contribution >= 0.6 is 28.1 Å². The standard InChI is InChI=1S/C15H12BrFN2OS/c1-19(11-5-2-9(3-6-11)14(18)21)15(20)12-7-4-10(16)8-13(12)17/h2-8H,1H3,(H2,18,21). The van der Waals surface area contributed by atoms with Gasteiger partial charge < -0.3 is 10.6 Å². The molecule has 2 rings (SSSR count). The number of rotatable bonds is 3. The van der Waals surface area contributed by atoms with E-state index in [0.29, 0.717) is 15.7 Å². The predicted octanol–water partition coefficient (Wildman–Crippen LogP) is 3.50. The van der Waals surface area contributed by atoms with E-state index in [4.69, 9.17) is 18.0 Å². The van der Waals surface area contributed by atoms with E-state index in [9.17, 15) is 9.18 Å². The molecule has 0 saturated carbocycles. The van der Waals surface area contributed by atoms with Crippen molar-refractivity contribution in [3.05, 3.63) is 63.9 Å². The van der Waals surface area contributed by atoms with Crippen LogP contribution in [0.15, 0.2) is 46.9 Å². The zero-order valence-corrected chi connectivity index (χ0v) is 13.5. The molecule has 2 aromatic rings. The Bertz CT molecular complexity index is 703. The molecule has 3 nitrogen and oxygen atoms in total. The number of amides is 1. The molecule has 2 N–H and O–H groups in total. The zero-order valence-electron chi connectivity index (χ0n) is 11.1. The molecular formula is C15H12BrFN2OS. The van der Waals surface area contributed by atoms with Gasteiger partial charge in [0, 0.05) is 22.8 Å². The lowest BCUT2D eigenvalue weighted by atomic mass is 10.1. The van der Waals surface area contributed by atoms with Crippen molar-refractivity contribution < 1.29 is 9.18 Å². The van der Waals surface area contributed by atoms with E-state index >= 15 is 0 Å². The number of nitrogens with two attached hydrogens (primary N) is 1. The number of halogens is 2. The highest BCUT2D eigenvalue weighted by atomic mass is 79.9. The van der Waals surface area contributed by atoms with Crippen LogP contribution in [0.25, 0.3) is 0 Å². The molecule has 0 radical (unpaired) electrons. The van der Waals surface area contributed by atoms with Gasteiger partial charge >= 0.3 is 0 Å². The molecule has 0 aliphatic heterocycles. The molecule has 0 atom stereocenters. The molecule has 21 heavy (non-hydrogen) atoms. The van der Waals surface area contributed by atoms with Gasteiger partial charge in [-0.05, 0) is 42.5 Å². The van der Waals surface area contributed by atoms with Crippen LogP contribution in [0.4, 0.5) is 10.1 Å². The van der Waals surface area contributed by atoms with E-state index in [1.165, 1.54) is 17.0 Å². The molecule has 6 heteroatoms. The van der Waals surface area contributed by atoms with Crippen LogP contribution in [0.2, 0.25) is 0 Å². The lowest BCUT2D eigenvalue weighted by Gasteiger charge is -2.18. The van der Waals surface area contributed by atoms with Gasteiger partial charge in [-0.25, -0.2) is 4.39 Å². The van der Waals surface area contributed by atoms with E-state index in [1.54, 1.807) is 37.4 Å². The van der Waals surface area contributed by atoms with Crippen molar-refractivity contribution in [3.8, 4) is 0 Å². The maximum atomic E-state index is 13.8. The minimum Gasteiger partial charge on any atom is -0.389 e. The average molecular weight is 367 g/mol. The van der Waals surface area contributed by atoms with Crippen molar-refractivity contribution in [3.63, 3.8) is 0 Å². The Morgan fingerprint density at radius 1 is 1.24 bits per heavy atom. The molecule has 0 heterocycles. The molecular weight excluding hydrogens is 355 g/mol. The molecule has 0 unspecified atom stereocenters. The van der Waals surface area contributed by atoms with E-state index in [2.05, 4.69) is 15.9 Å². The largest absolute Gasteiger partial charge is 0.389 e. The van der Waals surface area contributed by atoms with Crippen LogP contribution in [0.5, 0.6) is 0 Å². The monoisotopic (exact) mass is 366 g/mol. The topological polar surface area (TPSA) is 46.3 Å². The second-order valence-corrected chi connectivity index (χ2v) is 5.75. The van der Waals surface area contributed by atoms with Crippen LogP contribution in [0.3, 0.4) is 0 Å². The van der Waals surface area contributed by atoms with E-state index in [0.717, 1.165) is 0 Å². The third kappa shape index (κ3) is 3.46. The third-order valence-corrected chi connectivity index (χ3v) is 3.73. The van der Waals surface area contributed by atoms with Crippen molar-refractivity contribution in [2.24, 2.45) is 5.73 Å². The Labute approximate surface area is 135 Å². The summed E-state index contributed by atoms with van der Waals surface area (Å²) in [6.07, 6.45) is 0. The Morgan fingerprint density at radius 2 is 1.86 bits per heavy atom. The van der Waals surface area contributed by atoms with Gasteiger partial charge in [0.1, 0.15) is 10.8 Å². The van der Waals surface area contributed by atoms with Crippen LogP contribution in [0.1, 0.15) is 15.9 Å². The summed E-state index contributed by atoms with van der Waals surface area (Å²) in [6.45, 7) is 0. The first-order chi connectivity index (χ1) is 9.90. The molecule has 108 valence electrons. The number of anilines is 1. The summed E-state index contributed by atoms with van der Waals surface area (Å²) in [5.74, 6) is -0.996. The Kier molecular flexibility index (Phi) is 4.69. The molecule has 0 aliphatic carbocycles. The van der Waals surface area contributed by atoms with Crippen molar-refractivity contribution in [2.45, 2.75) is 0 Å². The highest BCUT2D eigenvalue weighted by molar-refractivity contribution is 9.10. The molecule has 0 aromatic heterocycles. The predicted molar refractivity (Wildman–Crippen MR) is 89.2 cm³/mol. The fourth-order valence-electron chi connectivity index (χ4n) is 1.81. The van der Waals surface area contributed by atoms with E-state index in [-0.39, 0.29) is 10.6 Å². The lowest BCUT2D eigenvalue weighted by Crippen LogP contribution is -2.27. The number of carbonyl (C=O) groups excluding carboxylic acids is 1. The zero-order chi connectivity index (χ0) is 15.6. The van der Waals surface area contributed by atoms with Crippen molar-refractivity contribution >= 4 is 44.7 Å². The average Bonchev–Trinajstić information content (AvgIpc) is 2.46. The number of nitrogens with zero attached hydrogens (tertiary/aromatic N) is 1. The summed E-state index contributed by atoms with van der Waals surface area (Å²) < 4.78 is 14.4. The summed E-state index contributed by atoms with van der Waals surface area (Å²) in [7, 11) is 1.58. The Hall–Kier alpha value is -1.79. The quantitative estimate of drug-likeness (QED) is 0.845. The fourth-order valence-corrected chi connectivity index (χ4v) is 2.28. The highest BCUT2D eigenvalue weighted by Crippen LogP contribution is 2.20. The summed E-state index contributed by atoms with van der Waals surface area (Å²) in [6, 6.07) is 11.2. The number of carbonyl (C=O) groups is 1. The van der Waals surface area contributed by atoms with Crippen LogP contribution < -0.4 is 10.6 Å². The van der Waals surface area contributed by atoms with Gasteiger partial charge in [-0.3, -0.25) is 4.79 Å². The van der Waals surface area contributed by atoms with Crippen LogP contribution in [-0.4, -0.2) is 17.9 Å². The number of benzene rings is 2. The summed E-state index contributed by atoms with van der Waals surface area (Å²) in [5.41, 5.74) is 6.87. The normalized spacial score (nSPS) is 10.2. The highest BCUT2D eigenvalue weighted by Gasteiger charge is 2.17. The minimum atomic E-state index is -0.569. The van der Waals surface area contributed by atoms with E-state index in [1.807, 2.05) is 0 Å². The lowest BCUT2D eigenvalue weighted by molar-refractivity contribution is 0.0989. The maximum Gasteiger partial charge on any atom is 0.260 e. The number of hydrogen-bond acceptors (Lipinski definition) is 2. The van der Waals surface area contributed by atoms with Crippen molar-refractivity contribution in [1.82, 2.24) is 0 Å². The summed E-state index contributed by atoms with van der Waals surface area (Å²) in [4.78, 5) is 14.0. The first kappa shape index (κ1) is 15.6. The molecule has 0 spiro atoms. The van der Waals surface area contributed by atoms with Gasteiger partial charge in [0.05, 0.1) is 5.56 Å². The van der Waals surface area contributed by atoms with Gasteiger partial charge in [-0.1, -0.05) is 28.1 Å². The van der Waals surface area contributed by atoms with Gasteiger partial charge in [0.15, 0.2) is 0 Å². The van der Waals surface area contributed by atoms with Crippen molar-refractivity contribution in [2.75, 3.05) is 11.9 Å². The second kappa shape index (κ2) is 6.32. The summed E-state index contributed by atoms with van der Waals surface area (Å²) >= 11 is 8.03. The molecule has 2 aromatic carbocycles. The SMILES string of the molecule is CN(C(=O)c1ccc(Br)cc1F)c1ccc(C(N)=S)cc1. The first-order valence-electron chi connectivity index (χ1n) is 6.03. The van der Waals surface area contributed by atoms with Gasteiger partial charge in [-0.15, -0.1) is 0 Å². The third-order valence-electron chi connectivity index (χ3n) is 3.01.